The Morgan fingerprint density at radius 3 is 2.62 bits per heavy atom. The molecule has 1 amide bonds. The maximum atomic E-state index is 12.2. The van der Waals surface area contributed by atoms with Crippen molar-refractivity contribution < 1.29 is 14.7 Å². The summed E-state index contributed by atoms with van der Waals surface area (Å²) < 4.78 is 0.749. The number of carboxylic acids is 1. The molecule has 0 atom stereocenters. The lowest BCUT2D eigenvalue weighted by Crippen LogP contribution is -2.27. The topological polar surface area (TPSA) is 79.3 Å². The summed E-state index contributed by atoms with van der Waals surface area (Å²) in [4.78, 5) is 27.4. The lowest BCUT2D eigenvalue weighted by Gasteiger charge is -2.26. The molecule has 21 heavy (non-hydrogen) atoms. The van der Waals surface area contributed by atoms with Crippen molar-refractivity contribution >= 4 is 33.5 Å². The number of anilines is 1. The van der Waals surface area contributed by atoms with E-state index in [-0.39, 0.29) is 24.2 Å². The fourth-order valence-corrected chi connectivity index (χ4v) is 3.25. The van der Waals surface area contributed by atoms with Crippen LogP contribution in [0.4, 0.5) is 5.69 Å². The Kier molecular flexibility index (Phi) is 4.98. The highest BCUT2D eigenvalue weighted by atomic mass is 79.9. The van der Waals surface area contributed by atoms with Crippen molar-refractivity contribution in [3.63, 3.8) is 0 Å². The van der Waals surface area contributed by atoms with Gasteiger partial charge in [-0.2, -0.15) is 0 Å². The van der Waals surface area contributed by atoms with Crippen LogP contribution in [0.2, 0.25) is 0 Å². The number of aliphatic carboxylic acids is 1. The standard InChI is InChI=1S/C15H19BrN2O3/c1-10-6-11(9-17-14(10)16)18-12(19)7-15(8-13(20)21)4-2-3-5-15/h6,9H,2-5,7-8H2,1H3,(H,18,19)(H,20,21). The van der Waals surface area contributed by atoms with Gasteiger partial charge < -0.3 is 10.4 Å². The van der Waals surface area contributed by atoms with E-state index < -0.39 is 5.97 Å². The molecule has 0 aromatic carbocycles. The predicted octanol–water partition coefficient (Wildman–Crippen LogP) is 3.52. The quantitative estimate of drug-likeness (QED) is 0.792. The average Bonchev–Trinajstić information content (AvgIpc) is 2.80. The number of carboxylic acid groups (broad SMARTS) is 1. The van der Waals surface area contributed by atoms with E-state index in [1.165, 1.54) is 0 Å². The molecule has 0 spiro atoms. The van der Waals surface area contributed by atoms with Crippen LogP contribution < -0.4 is 5.32 Å². The number of pyridine rings is 1. The molecule has 5 nitrogen and oxygen atoms in total. The van der Waals surface area contributed by atoms with E-state index in [9.17, 15) is 9.59 Å². The van der Waals surface area contributed by atoms with Gasteiger partial charge in [0.1, 0.15) is 4.60 Å². The summed E-state index contributed by atoms with van der Waals surface area (Å²) >= 11 is 3.31. The zero-order valence-electron chi connectivity index (χ0n) is 12.0. The second-order valence-corrected chi connectivity index (χ2v) is 6.59. The van der Waals surface area contributed by atoms with E-state index in [0.29, 0.717) is 5.69 Å². The minimum atomic E-state index is -0.828. The van der Waals surface area contributed by atoms with E-state index in [1.807, 2.05) is 13.0 Å². The van der Waals surface area contributed by atoms with Gasteiger partial charge in [-0.1, -0.05) is 12.8 Å². The lowest BCUT2D eigenvalue weighted by atomic mass is 9.79. The highest BCUT2D eigenvalue weighted by Crippen LogP contribution is 2.44. The van der Waals surface area contributed by atoms with Gasteiger partial charge in [-0.3, -0.25) is 9.59 Å². The lowest BCUT2D eigenvalue weighted by molar-refractivity contribution is -0.140. The molecule has 2 rings (SSSR count). The summed E-state index contributed by atoms with van der Waals surface area (Å²) in [5.74, 6) is -0.965. The normalized spacial score (nSPS) is 16.7. The summed E-state index contributed by atoms with van der Waals surface area (Å²) in [7, 11) is 0. The number of hydrogen-bond acceptors (Lipinski definition) is 3. The molecule has 6 heteroatoms. The minimum Gasteiger partial charge on any atom is -0.481 e. The third kappa shape index (κ3) is 4.27. The third-order valence-electron chi connectivity index (χ3n) is 4.02. The zero-order chi connectivity index (χ0) is 15.5. The number of halogens is 1. The first-order valence-corrected chi connectivity index (χ1v) is 7.83. The maximum Gasteiger partial charge on any atom is 0.303 e. The number of rotatable bonds is 5. The van der Waals surface area contributed by atoms with E-state index in [1.54, 1.807) is 6.20 Å². The Labute approximate surface area is 132 Å². The van der Waals surface area contributed by atoms with E-state index >= 15 is 0 Å². The van der Waals surface area contributed by atoms with Gasteiger partial charge >= 0.3 is 5.97 Å². The van der Waals surface area contributed by atoms with Gasteiger partial charge in [-0.25, -0.2) is 4.98 Å². The summed E-state index contributed by atoms with van der Waals surface area (Å²) in [5, 5.41) is 11.9. The van der Waals surface area contributed by atoms with Crippen molar-refractivity contribution in [2.45, 2.75) is 45.4 Å². The first-order valence-electron chi connectivity index (χ1n) is 7.04. The van der Waals surface area contributed by atoms with Gasteiger partial charge in [0.2, 0.25) is 5.91 Å². The molecule has 1 heterocycles. The summed E-state index contributed by atoms with van der Waals surface area (Å²) in [6, 6.07) is 1.84. The molecule has 1 aromatic rings. The molecule has 114 valence electrons. The van der Waals surface area contributed by atoms with Crippen LogP contribution in [0.1, 0.15) is 44.1 Å². The smallest absolute Gasteiger partial charge is 0.303 e. The SMILES string of the molecule is Cc1cc(NC(=O)CC2(CC(=O)O)CCCC2)cnc1Br. The first kappa shape index (κ1) is 15.9. The Morgan fingerprint density at radius 2 is 2.05 bits per heavy atom. The molecule has 0 radical (unpaired) electrons. The average molecular weight is 355 g/mol. The monoisotopic (exact) mass is 354 g/mol. The number of carbonyl (C=O) groups is 2. The van der Waals surface area contributed by atoms with Crippen LogP contribution in [-0.4, -0.2) is 22.0 Å². The highest BCUT2D eigenvalue weighted by Gasteiger charge is 2.37. The van der Waals surface area contributed by atoms with Crippen LogP contribution in [0.25, 0.3) is 0 Å². The first-order chi connectivity index (χ1) is 9.90. The van der Waals surface area contributed by atoms with Crippen molar-refractivity contribution in [2.24, 2.45) is 5.41 Å². The molecule has 0 unspecified atom stereocenters. The van der Waals surface area contributed by atoms with Gasteiger partial charge in [0.15, 0.2) is 0 Å². The van der Waals surface area contributed by atoms with Crippen molar-refractivity contribution in [2.75, 3.05) is 5.32 Å². The van der Waals surface area contributed by atoms with Crippen molar-refractivity contribution in [1.82, 2.24) is 4.98 Å². The summed E-state index contributed by atoms with van der Waals surface area (Å²) in [6.07, 6.45) is 5.54. The van der Waals surface area contributed by atoms with Crippen LogP contribution in [-0.2, 0) is 9.59 Å². The van der Waals surface area contributed by atoms with Crippen LogP contribution in [0.15, 0.2) is 16.9 Å². The van der Waals surface area contributed by atoms with E-state index in [4.69, 9.17) is 5.11 Å². The Balaban J connectivity index is 2.02. The Bertz CT molecular complexity index is 554. The molecule has 0 aliphatic heterocycles. The van der Waals surface area contributed by atoms with Gasteiger partial charge in [0.05, 0.1) is 18.3 Å². The van der Waals surface area contributed by atoms with Crippen LogP contribution in [0, 0.1) is 12.3 Å². The van der Waals surface area contributed by atoms with Gasteiger partial charge in [-0.15, -0.1) is 0 Å². The van der Waals surface area contributed by atoms with E-state index in [2.05, 4.69) is 26.2 Å². The molecule has 2 N–H and O–H groups in total. The van der Waals surface area contributed by atoms with E-state index in [0.717, 1.165) is 35.8 Å². The van der Waals surface area contributed by atoms with Crippen molar-refractivity contribution in [1.29, 1.82) is 0 Å². The number of amides is 1. The third-order valence-corrected chi connectivity index (χ3v) is 4.85. The van der Waals surface area contributed by atoms with Gasteiger partial charge in [0.25, 0.3) is 0 Å². The molecular weight excluding hydrogens is 336 g/mol. The number of nitrogens with zero attached hydrogens (tertiary/aromatic N) is 1. The van der Waals surface area contributed by atoms with Crippen molar-refractivity contribution in [3.05, 3.63) is 22.4 Å². The number of aryl methyl sites for hydroxylation is 1. The van der Waals surface area contributed by atoms with Crippen molar-refractivity contribution in [3.8, 4) is 0 Å². The Hall–Kier alpha value is -1.43. The molecule has 1 aliphatic rings. The number of aromatic nitrogens is 1. The number of hydrogen-bond donors (Lipinski definition) is 2. The minimum absolute atomic E-state index is 0.0675. The highest BCUT2D eigenvalue weighted by molar-refractivity contribution is 9.10. The van der Waals surface area contributed by atoms with Crippen LogP contribution in [0.5, 0.6) is 0 Å². The molecule has 1 saturated carbocycles. The van der Waals surface area contributed by atoms with Gasteiger partial charge in [-0.05, 0) is 52.7 Å². The summed E-state index contributed by atoms with van der Waals surface area (Å²) in [5.41, 5.74) is 1.20. The van der Waals surface area contributed by atoms with Crippen LogP contribution >= 0.6 is 15.9 Å². The molecule has 1 aromatic heterocycles. The second-order valence-electron chi connectivity index (χ2n) is 5.83. The fourth-order valence-electron chi connectivity index (χ4n) is 3.03. The van der Waals surface area contributed by atoms with Gasteiger partial charge in [0, 0.05) is 6.42 Å². The molecular formula is C15H19BrN2O3. The zero-order valence-corrected chi connectivity index (χ0v) is 13.6. The second kappa shape index (κ2) is 6.56. The molecule has 0 bridgehead atoms. The number of carbonyl (C=O) groups excluding carboxylic acids is 1. The maximum absolute atomic E-state index is 12.2. The molecule has 0 saturated heterocycles. The number of nitrogens with one attached hydrogen (secondary N) is 1. The predicted molar refractivity (Wildman–Crippen MR) is 83.1 cm³/mol. The molecule has 1 aliphatic carbocycles. The summed E-state index contributed by atoms with van der Waals surface area (Å²) in [6.45, 7) is 1.90. The Morgan fingerprint density at radius 1 is 1.38 bits per heavy atom. The van der Waals surface area contributed by atoms with Crippen LogP contribution in [0.3, 0.4) is 0 Å². The largest absolute Gasteiger partial charge is 0.481 e. The fraction of sp³-hybridized carbons (Fsp3) is 0.533. The molecule has 1 fully saturated rings.